The summed E-state index contributed by atoms with van der Waals surface area (Å²) in [6.07, 6.45) is 8.83. The largest absolute Gasteiger partial charge is 0.316 e. The molecule has 0 atom stereocenters. The summed E-state index contributed by atoms with van der Waals surface area (Å²) in [5.41, 5.74) is 1.58. The van der Waals surface area contributed by atoms with Crippen molar-refractivity contribution in [2.24, 2.45) is 11.8 Å². The van der Waals surface area contributed by atoms with Crippen LogP contribution in [0.1, 0.15) is 44.7 Å². The Labute approximate surface area is 153 Å². The maximum absolute atomic E-state index is 12.5. The number of aryl methyl sites for hydroxylation is 1. The van der Waals surface area contributed by atoms with E-state index >= 15 is 0 Å². The van der Waals surface area contributed by atoms with E-state index in [-0.39, 0.29) is 11.7 Å². The topological polar surface area (TPSA) is 59.1 Å². The van der Waals surface area contributed by atoms with Gasteiger partial charge in [0, 0.05) is 16.5 Å². The average molecular weight is 367 g/mol. The molecule has 0 spiro atoms. The minimum absolute atomic E-state index is 0.123. The highest BCUT2D eigenvalue weighted by atomic mass is 32.2. The average Bonchev–Trinajstić information content (AvgIpc) is 2.61. The Kier molecular flexibility index (Phi) is 7.16. The van der Waals surface area contributed by atoms with E-state index in [2.05, 4.69) is 17.2 Å². The fourth-order valence-corrected chi connectivity index (χ4v) is 4.54. The molecule has 24 heavy (non-hydrogen) atoms. The minimum Gasteiger partial charge on any atom is -0.316 e. The Bertz CT molecular complexity index is 586. The zero-order chi connectivity index (χ0) is 17.7. The van der Waals surface area contributed by atoms with Crippen LogP contribution in [-0.2, 0) is 9.59 Å². The van der Waals surface area contributed by atoms with Crippen molar-refractivity contribution in [1.82, 2.24) is 4.98 Å². The van der Waals surface area contributed by atoms with E-state index in [1.165, 1.54) is 11.8 Å². The van der Waals surface area contributed by atoms with Crippen molar-refractivity contribution in [2.45, 2.75) is 55.9 Å². The second kappa shape index (κ2) is 8.90. The van der Waals surface area contributed by atoms with Crippen molar-refractivity contribution < 1.29 is 9.59 Å². The standard InChI is InChI=1S/C18H26N2O2S2/c1-5-12-6-8-13(9-7-12)16(21)17(22)20-15-14(23-3)10-11(2)19-18(15)24-4/h10,12-13H,5-9H2,1-4H3,(H,20,22). The molecule has 1 amide bonds. The molecule has 1 aromatic rings. The number of hydrogen-bond donors (Lipinski definition) is 1. The predicted octanol–water partition coefficient (Wildman–Crippen LogP) is 4.56. The minimum atomic E-state index is -0.494. The van der Waals surface area contributed by atoms with Crippen molar-refractivity contribution in [3.8, 4) is 0 Å². The molecule has 132 valence electrons. The van der Waals surface area contributed by atoms with Gasteiger partial charge in [0.05, 0.1) is 5.69 Å². The molecular formula is C18H26N2O2S2. The lowest BCUT2D eigenvalue weighted by Crippen LogP contribution is -2.32. The highest BCUT2D eigenvalue weighted by Crippen LogP contribution is 2.35. The van der Waals surface area contributed by atoms with Gasteiger partial charge in [-0.25, -0.2) is 4.98 Å². The molecule has 1 aromatic heterocycles. The van der Waals surface area contributed by atoms with Crippen molar-refractivity contribution >= 4 is 40.9 Å². The van der Waals surface area contributed by atoms with Crippen LogP contribution in [0.4, 0.5) is 5.69 Å². The van der Waals surface area contributed by atoms with Crippen LogP contribution in [0.25, 0.3) is 0 Å². The van der Waals surface area contributed by atoms with Crippen molar-refractivity contribution in [1.29, 1.82) is 0 Å². The van der Waals surface area contributed by atoms with Gasteiger partial charge in [-0.15, -0.1) is 23.5 Å². The van der Waals surface area contributed by atoms with Crippen LogP contribution in [0.15, 0.2) is 16.0 Å². The van der Waals surface area contributed by atoms with Crippen LogP contribution in [0.3, 0.4) is 0 Å². The zero-order valence-electron chi connectivity index (χ0n) is 14.8. The van der Waals surface area contributed by atoms with Gasteiger partial charge in [-0.05, 0) is 57.1 Å². The Morgan fingerprint density at radius 1 is 1.21 bits per heavy atom. The van der Waals surface area contributed by atoms with Crippen LogP contribution in [0.2, 0.25) is 0 Å². The zero-order valence-corrected chi connectivity index (χ0v) is 16.5. The number of nitrogens with zero attached hydrogens (tertiary/aromatic N) is 1. The van der Waals surface area contributed by atoms with Crippen LogP contribution in [0.5, 0.6) is 0 Å². The molecular weight excluding hydrogens is 340 g/mol. The number of aromatic nitrogens is 1. The molecule has 1 heterocycles. The van der Waals surface area contributed by atoms with Gasteiger partial charge in [0.15, 0.2) is 0 Å². The third-order valence-corrected chi connectivity index (χ3v) is 6.19. The molecule has 0 aromatic carbocycles. The lowest BCUT2D eigenvalue weighted by Gasteiger charge is -2.26. The second-order valence-corrected chi connectivity index (χ2v) is 7.94. The summed E-state index contributed by atoms with van der Waals surface area (Å²) >= 11 is 3.03. The van der Waals surface area contributed by atoms with Gasteiger partial charge >= 0.3 is 0 Å². The van der Waals surface area contributed by atoms with Crippen LogP contribution < -0.4 is 5.32 Å². The van der Waals surface area contributed by atoms with E-state index in [1.54, 1.807) is 11.8 Å². The molecule has 1 saturated carbocycles. The number of carbonyl (C=O) groups is 2. The van der Waals surface area contributed by atoms with Gasteiger partial charge in [0.1, 0.15) is 5.03 Å². The van der Waals surface area contributed by atoms with Crippen molar-refractivity contribution in [3.63, 3.8) is 0 Å². The van der Waals surface area contributed by atoms with Crippen LogP contribution in [-0.4, -0.2) is 29.2 Å². The number of carbonyl (C=O) groups excluding carboxylic acids is 2. The maximum Gasteiger partial charge on any atom is 0.292 e. The number of rotatable bonds is 6. The summed E-state index contributed by atoms with van der Waals surface area (Å²) in [5.74, 6) is -0.179. The van der Waals surface area contributed by atoms with E-state index in [1.807, 2.05) is 25.5 Å². The smallest absolute Gasteiger partial charge is 0.292 e. The normalized spacial score (nSPS) is 20.7. The maximum atomic E-state index is 12.5. The molecule has 0 bridgehead atoms. The summed E-state index contributed by atoms with van der Waals surface area (Å²) in [4.78, 5) is 30.4. The predicted molar refractivity (Wildman–Crippen MR) is 102 cm³/mol. The van der Waals surface area contributed by atoms with E-state index in [0.29, 0.717) is 11.6 Å². The van der Waals surface area contributed by atoms with Crippen LogP contribution in [0, 0.1) is 18.8 Å². The lowest BCUT2D eigenvalue weighted by molar-refractivity contribution is -0.138. The molecule has 0 aliphatic heterocycles. The Hall–Kier alpha value is -1.01. The van der Waals surface area contributed by atoms with Crippen molar-refractivity contribution in [3.05, 3.63) is 11.8 Å². The Balaban J connectivity index is 2.11. The first kappa shape index (κ1) is 19.3. The van der Waals surface area contributed by atoms with Crippen LogP contribution >= 0.6 is 23.5 Å². The lowest BCUT2D eigenvalue weighted by atomic mass is 9.79. The molecule has 1 fully saturated rings. The third-order valence-electron chi connectivity index (χ3n) is 4.75. The second-order valence-electron chi connectivity index (χ2n) is 6.29. The monoisotopic (exact) mass is 366 g/mol. The molecule has 6 heteroatoms. The fraction of sp³-hybridized carbons (Fsp3) is 0.611. The number of hydrogen-bond acceptors (Lipinski definition) is 5. The van der Waals surface area contributed by atoms with E-state index in [0.717, 1.165) is 47.7 Å². The van der Waals surface area contributed by atoms with Gasteiger partial charge < -0.3 is 5.32 Å². The van der Waals surface area contributed by atoms with Gasteiger partial charge in [-0.2, -0.15) is 0 Å². The summed E-state index contributed by atoms with van der Waals surface area (Å²) < 4.78 is 0. The summed E-state index contributed by atoms with van der Waals surface area (Å²) in [5, 5.41) is 3.60. The molecule has 1 aliphatic rings. The first-order valence-corrected chi connectivity index (χ1v) is 10.9. The first-order chi connectivity index (χ1) is 11.5. The van der Waals surface area contributed by atoms with E-state index < -0.39 is 5.91 Å². The number of ketones is 1. The number of Topliss-reactive ketones (excluding diaryl/α,β-unsaturated/α-hetero) is 1. The Morgan fingerprint density at radius 2 is 1.88 bits per heavy atom. The summed E-state index contributed by atoms with van der Waals surface area (Å²) in [6.45, 7) is 4.13. The van der Waals surface area contributed by atoms with Gasteiger partial charge in [-0.1, -0.05) is 13.3 Å². The van der Waals surface area contributed by atoms with Crippen molar-refractivity contribution in [2.75, 3.05) is 17.8 Å². The van der Waals surface area contributed by atoms with Gasteiger partial charge in [-0.3, -0.25) is 9.59 Å². The fourth-order valence-electron chi connectivity index (χ4n) is 3.23. The quantitative estimate of drug-likeness (QED) is 0.591. The molecule has 0 unspecified atom stereocenters. The SMILES string of the molecule is CCC1CCC(C(=O)C(=O)Nc2c(SC)cc(C)nc2SC)CC1. The number of amides is 1. The van der Waals surface area contributed by atoms with Gasteiger partial charge in [0.25, 0.3) is 5.91 Å². The highest BCUT2D eigenvalue weighted by molar-refractivity contribution is 7.99. The molecule has 4 nitrogen and oxygen atoms in total. The first-order valence-electron chi connectivity index (χ1n) is 8.44. The summed E-state index contributed by atoms with van der Waals surface area (Å²) in [6, 6.07) is 1.94. The number of pyridine rings is 1. The molecule has 2 rings (SSSR count). The molecule has 0 saturated heterocycles. The van der Waals surface area contributed by atoms with Gasteiger partial charge in [0.2, 0.25) is 5.78 Å². The van der Waals surface area contributed by atoms with E-state index in [9.17, 15) is 9.59 Å². The molecule has 1 aliphatic carbocycles. The summed E-state index contributed by atoms with van der Waals surface area (Å²) in [7, 11) is 0. The number of thioether (sulfide) groups is 2. The van der Waals surface area contributed by atoms with E-state index in [4.69, 9.17) is 0 Å². The Morgan fingerprint density at radius 3 is 2.42 bits per heavy atom. The molecule has 1 N–H and O–H groups in total. The highest BCUT2D eigenvalue weighted by Gasteiger charge is 2.30. The molecule has 0 radical (unpaired) electrons. The third kappa shape index (κ3) is 4.54. The number of anilines is 1. The number of nitrogens with one attached hydrogen (secondary N) is 1.